The number of Topliss-reactive ketones (excluding diaryl/α,β-unsaturated/α-hetero) is 1. The molecule has 100 valence electrons. The standard InChI is InChI=1S/C14H15NO4/c1-19-14(18)12-11(16)7-8-15(13(12)17)9-10-5-3-2-4-6-10/h2-6,12H,7-9H2,1H3/t12-/m1/s1. The molecule has 0 aliphatic carbocycles. The Morgan fingerprint density at radius 1 is 1.32 bits per heavy atom. The van der Waals surface area contributed by atoms with E-state index in [-0.39, 0.29) is 12.2 Å². The van der Waals surface area contributed by atoms with Crippen molar-refractivity contribution in [3.05, 3.63) is 35.9 Å². The first-order chi connectivity index (χ1) is 9.13. The number of ether oxygens (including phenoxy) is 1. The Kier molecular flexibility index (Phi) is 3.94. The maximum atomic E-state index is 12.1. The van der Waals surface area contributed by atoms with Gasteiger partial charge in [-0.2, -0.15) is 0 Å². The third-order valence-electron chi connectivity index (χ3n) is 3.16. The summed E-state index contributed by atoms with van der Waals surface area (Å²) in [7, 11) is 1.18. The molecule has 1 aliphatic heterocycles. The molecule has 0 aromatic heterocycles. The van der Waals surface area contributed by atoms with Gasteiger partial charge in [0, 0.05) is 19.5 Å². The zero-order valence-corrected chi connectivity index (χ0v) is 10.7. The molecule has 1 amide bonds. The summed E-state index contributed by atoms with van der Waals surface area (Å²) in [4.78, 5) is 36.8. The third kappa shape index (κ3) is 2.81. The number of esters is 1. The lowest BCUT2D eigenvalue weighted by Gasteiger charge is -2.30. The van der Waals surface area contributed by atoms with Gasteiger partial charge in [0.05, 0.1) is 7.11 Å². The minimum Gasteiger partial charge on any atom is -0.468 e. The molecule has 1 aromatic carbocycles. The monoisotopic (exact) mass is 261 g/mol. The van der Waals surface area contributed by atoms with Crippen LogP contribution in [-0.4, -0.2) is 36.2 Å². The molecular formula is C14H15NO4. The number of likely N-dealkylation sites (tertiary alicyclic amines) is 1. The first kappa shape index (κ1) is 13.3. The fraction of sp³-hybridized carbons (Fsp3) is 0.357. The largest absolute Gasteiger partial charge is 0.468 e. The third-order valence-corrected chi connectivity index (χ3v) is 3.16. The number of carbonyl (C=O) groups excluding carboxylic acids is 3. The van der Waals surface area contributed by atoms with Crippen molar-refractivity contribution < 1.29 is 19.1 Å². The van der Waals surface area contributed by atoms with E-state index >= 15 is 0 Å². The van der Waals surface area contributed by atoms with Crippen molar-refractivity contribution in [1.29, 1.82) is 0 Å². The number of benzene rings is 1. The van der Waals surface area contributed by atoms with E-state index < -0.39 is 17.8 Å². The molecule has 0 bridgehead atoms. The average Bonchev–Trinajstić information content (AvgIpc) is 2.43. The van der Waals surface area contributed by atoms with E-state index in [0.29, 0.717) is 13.1 Å². The maximum absolute atomic E-state index is 12.1. The highest BCUT2D eigenvalue weighted by Gasteiger charge is 2.41. The first-order valence-corrected chi connectivity index (χ1v) is 6.06. The lowest BCUT2D eigenvalue weighted by molar-refractivity contribution is -0.160. The summed E-state index contributed by atoms with van der Waals surface area (Å²) in [5.41, 5.74) is 0.966. The van der Waals surface area contributed by atoms with Crippen LogP contribution >= 0.6 is 0 Å². The van der Waals surface area contributed by atoms with Crippen molar-refractivity contribution >= 4 is 17.7 Å². The quantitative estimate of drug-likeness (QED) is 0.595. The zero-order valence-electron chi connectivity index (χ0n) is 10.7. The zero-order chi connectivity index (χ0) is 13.8. The Morgan fingerprint density at radius 3 is 2.63 bits per heavy atom. The fourth-order valence-electron chi connectivity index (χ4n) is 2.13. The van der Waals surface area contributed by atoms with Crippen molar-refractivity contribution in [3.8, 4) is 0 Å². The molecule has 1 heterocycles. The highest BCUT2D eigenvalue weighted by molar-refractivity contribution is 6.17. The van der Waals surface area contributed by atoms with Crippen molar-refractivity contribution in [1.82, 2.24) is 4.90 Å². The Balaban J connectivity index is 2.13. The van der Waals surface area contributed by atoms with Crippen LogP contribution in [0.1, 0.15) is 12.0 Å². The highest BCUT2D eigenvalue weighted by atomic mass is 16.5. The van der Waals surface area contributed by atoms with Gasteiger partial charge in [0.2, 0.25) is 5.91 Å². The summed E-state index contributed by atoms with van der Waals surface area (Å²) < 4.78 is 4.52. The van der Waals surface area contributed by atoms with Crippen molar-refractivity contribution in [2.45, 2.75) is 13.0 Å². The van der Waals surface area contributed by atoms with Crippen LogP contribution in [-0.2, 0) is 25.7 Å². The number of hydrogen-bond donors (Lipinski definition) is 0. The summed E-state index contributed by atoms with van der Waals surface area (Å²) in [6.07, 6.45) is 0.193. The summed E-state index contributed by atoms with van der Waals surface area (Å²) in [5.74, 6) is -2.89. The number of piperidine rings is 1. The molecule has 5 nitrogen and oxygen atoms in total. The molecule has 0 unspecified atom stereocenters. The topological polar surface area (TPSA) is 63.7 Å². The van der Waals surface area contributed by atoms with Crippen LogP contribution in [0.25, 0.3) is 0 Å². The van der Waals surface area contributed by atoms with Crippen molar-refractivity contribution in [2.24, 2.45) is 5.92 Å². The lowest BCUT2D eigenvalue weighted by Crippen LogP contribution is -2.49. The van der Waals surface area contributed by atoms with Gasteiger partial charge in [-0.15, -0.1) is 0 Å². The summed E-state index contributed by atoms with van der Waals surface area (Å²) >= 11 is 0. The van der Waals surface area contributed by atoms with Gasteiger partial charge in [-0.1, -0.05) is 30.3 Å². The molecule has 5 heteroatoms. The van der Waals surface area contributed by atoms with E-state index in [1.807, 2.05) is 30.3 Å². The van der Waals surface area contributed by atoms with Gasteiger partial charge < -0.3 is 9.64 Å². The normalized spacial score (nSPS) is 19.4. The van der Waals surface area contributed by atoms with E-state index in [1.165, 1.54) is 12.0 Å². The lowest BCUT2D eigenvalue weighted by atomic mass is 9.95. The maximum Gasteiger partial charge on any atom is 0.325 e. The Morgan fingerprint density at radius 2 is 2.00 bits per heavy atom. The minimum absolute atomic E-state index is 0.193. The van der Waals surface area contributed by atoms with E-state index in [4.69, 9.17) is 0 Å². The van der Waals surface area contributed by atoms with Gasteiger partial charge >= 0.3 is 5.97 Å². The van der Waals surface area contributed by atoms with E-state index in [1.54, 1.807) is 0 Å². The molecule has 2 rings (SSSR count). The van der Waals surface area contributed by atoms with E-state index in [2.05, 4.69) is 4.74 Å². The van der Waals surface area contributed by atoms with Crippen molar-refractivity contribution in [3.63, 3.8) is 0 Å². The van der Waals surface area contributed by atoms with Crippen molar-refractivity contribution in [2.75, 3.05) is 13.7 Å². The number of nitrogens with zero attached hydrogens (tertiary/aromatic N) is 1. The number of carbonyl (C=O) groups is 3. The summed E-state index contributed by atoms with van der Waals surface area (Å²) in [6.45, 7) is 0.750. The average molecular weight is 261 g/mol. The van der Waals surface area contributed by atoms with Gasteiger partial charge in [-0.05, 0) is 5.56 Å². The Hall–Kier alpha value is -2.17. The van der Waals surface area contributed by atoms with Gasteiger partial charge in [0.15, 0.2) is 11.7 Å². The van der Waals surface area contributed by atoms with Crippen LogP contribution in [0.2, 0.25) is 0 Å². The molecule has 1 atom stereocenters. The van der Waals surface area contributed by atoms with Gasteiger partial charge in [0.25, 0.3) is 0 Å². The van der Waals surface area contributed by atoms with Crippen LogP contribution in [0.15, 0.2) is 30.3 Å². The highest BCUT2D eigenvalue weighted by Crippen LogP contribution is 2.18. The minimum atomic E-state index is -1.29. The predicted octanol–water partition coefficient (Wildman–Crippen LogP) is 0.777. The summed E-state index contributed by atoms with van der Waals surface area (Å²) in [5, 5.41) is 0. The van der Waals surface area contributed by atoms with Gasteiger partial charge in [-0.3, -0.25) is 14.4 Å². The van der Waals surface area contributed by atoms with E-state index in [0.717, 1.165) is 5.56 Å². The SMILES string of the molecule is COC(=O)[C@@H]1C(=O)CCN(Cc2ccccc2)C1=O. The molecule has 0 N–H and O–H groups in total. The summed E-state index contributed by atoms with van der Waals surface area (Å²) in [6, 6.07) is 9.45. The second-order valence-electron chi connectivity index (χ2n) is 4.42. The Bertz CT molecular complexity index is 489. The molecule has 1 fully saturated rings. The molecular weight excluding hydrogens is 246 g/mol. The van der Waals surface area contributed by atoms with Crippen LogP contribution in [0.4, 0.5) is 0 Å². The molecule has 0 spiro atoms. The number of ketones is 1. The second-order valence-corrected chi connectivity index (χ2v) is 4.42. The molecule has 1 aromatic rings. The number of hydrogen-bond acceptors (Lipinski definition) is 4. The predicted molar refractivity (Wildman–Crippen MR) is 67.0 cm³/mol. The smallest absolute Gasteiger partial charge is 0.325 e. The number of methoxy groups -OCH3 is 1. The van der Waals surface area contributed by atoms with Crippen LogP contribution in [0.3, 0.4) is 0 Å². The fourth-order valence-corrected chi connectivity index (χ4v) is 2.13. The molecule has 0 radical (unpaired) electrons. The number of rotatable bonds is 3. The first-order valence-electron chi connectivity index (χ1n) is 6.06. The Labute approximate surface area is 111 Å². The van der Waals surface area contributed by atoms with Crippen LogP contribution in [0.5, 0.6) is 0 Å². The molecule has 1 saturated heterocycles. The molecule has 1 aliphatic rings. The van der Waals surface area contributed by atoms with Crippen LogP contribution in [0, 0.1) is 5.92 Å². The van der Waals surface area contributed by atoms with Gasteiger partial charge in [0.1, 0.15) is 0 Å². The second kappa shape index (κ2) is 5.65. The van der Waals surface area contributed by atoms with Gasteiger partial charge in [-0.25, -0.2) is 0 Å². The molecule has 0 saturated carbocycles. The van der Waals surface area contributed by atoms with Crippen LogP contribution < -0.4 is 0 Å². The van der Waals surface area contributed by atoms with E-state index in [9.17, 15) is 14.4 Å². The number of amides is 1. The molecule has 19 heavy (non-hydrogen) atoms.